The molecule has 0 bridgehead atoms. The first kappa shape index (κ1) is 32.8. The Bertz CT molecular complexity index is 1520. The number of benzene rings is 1. The Morgan fingerprint density at radius 1 is 1.09 bits per heavy atom. The van der Waals surface area contributed by atoms with Crippen molar-refractivity contribution in [2.24, 2.45) is 0 Å². The predicted octanol–water partition coefficient (Wildman–Crippen LogP) is 7.01. The number of rotatable bonds is 9. The van der Waals surface area contributed by atoms with Crippen molar-refractivity contribution in [2.75, 3.05) is 37.8 Å². The largest absolute Gasteiger partial charge is 0.482 e. The number of carbonyl (C=O) groups excluding carboxylic acids is 2. The third kappa shape index (κ3) is 8.35. The lowest BCUT2D eigenvalue weighted by atomic mass is 10.1. The Morgan fingerprint density at radius 3 is 2.49 bits per heavy atom. The summed E-state index contributed by atoms with van der Waals surface area (Å²) in [5.41, 5.74) is 3.88. The van der Waals surface area contributed by atoms with Gasteiger partial charge in [0.2, 0.25) is 0 Å². The topological polar surface area (TPSA) is 96.9 Å². The molecule has 10 heteroatoms. The maximum atomic E-state index is 13.3. The van der Waals surface area contributed by atoms with Crippen molar-refractivity contribution in [3.05, 3.63) is 76.7 Å². The van der Waals surface area contributed by atoms with Crippen molar-refractivity contribution in [3.8, 4) is 5.75 Å². The minimum atomic E-state index is -0.536. The number of hydrogen-bond donors (Lipinski definition) is 1. The van der Waals surface area contributed by atoms with Gasteiger partial charge < -0.3 is 19.7 Å². The third-order valence-corrected chi connectivity index (χ3v) is 8.98. The highest BCUT2D eigenvalue weighted by atomic mass is 32.2. The molecule has 1 N–H and O–H groups in total. The van der Waals surface area contributed by atoms with Crippen molar-refractivity contribution in [3.63, 3.8) is 0 Å². The van der Waals surface area contributed by atoms with Crippen LogP contribution in [0.25, 0.3) is 0 Å². The molecule has 2 amide bonds. The van der Waals surface area contributed by atoms with Gasteiger partial charge in [0.05, 0.1) is 5.69 Å². The van der Waals surface area contributed by atoms with E-state index in [1.807, 2.05) is 76.2 Å². The molecule has 1 aromatic carbocycles. The van der Waals surface area contributed by atoms with Gasteiger partial charge in [0.25, 0.3) is 5.91 Å². The zero-order chi connectivity index (χ0) is 32.3. The van der Waals surface area contributed by atoms with Crippen LogP contribution >= 0.6 is 11.8 Å². The number of anilines is 1. The Kier molecular flexibility index (Phi) is 10.0. The van der Waals surface area contributed by atoms with Crippen molar-refractivity contribution in [1.29, 1.82) is 0 Å². The molecular formula is C35H45N5O4S. The molecular weight excluding hydrogens is 586 g/mol. The minimum Gasteiger partial charge on any atom is -0.482 e. The molecule has 5 rings (SSSR count). The van der Waals surface area contributed by atoms with E-state index >= 15 is 0 Å². The first-order valence-corrected chi connectivity index (χ1v) is 16.9. The van der Waals surface area contributed by atoms with Gasteiger partial charge in [-0.1, -0.05) is 12.1 Å². The van der Waals surface area contributed by atoms with E-state index in [1.54, 1.807) is 6.20 Å². The van der Waals surface area contributed by atoms with E-state index in [4.69, 9.17) is 14.5 Å². The Hall–Kier alpha value is -3.63. The van der Waals surface area contributed by atoms with Gasteiger partial charge in [-0.05, 0) is 108 Å². The molecule has 9 nitrogen and oxygen atoms in total. The van der Waals surface area contributed by atoms with E-state index < -0.39 is 5.60 Å². The standard InChI is InChI=1S/C35H45N5O4S/c1-22-9-8-14-36-32(22)38-33(41)27-18-31(45-7)29(17-23(27)2)43-30(28-13-12-26(19-37-28)25-10-11-25)21-39-15-16-40(24(3)20-39)34(42)44-35(4,5)6/h8-9,12-14,17-19,24-25,30H,10-11,15-16,20-21H2,1-7H3,(H,36,38,41)/t24-,30-/m1/s1. The van der Waals surface area contributed by atoms with Crippen LogP contribution in [0.1, 0.15) is 85.3 Å². The zero-order valence-electron chi connectivity index (χ0n) is 27.4. The van der Waals surface area contributed by atoms with Gasteiger partial charge in [-0.25, -0.2) is 9.78 Å². The molecule has 2 aliphatic rings. The molecule has 3 heterocycles. The number of nitrogens with zero attached hydrogens (tertiary/aromatic N) is 4. The molecule has 2 atom stereocenters. The van der Waals surface area contributed by atoms with E-state index in [0.29, 0.717) is 49.2 Å². The lowest BCUT2D eigenvalue weighted by Gasteiger charge is -2.41. The highest BCUT2D eigenvalue weighted by Gasteiger charge is 2.33. The van der Waals surface area contributed by atoms with Gasteiger partial charge >= 0.3 is 6.09 Å². The van der Waals surface area contributed by atoms with Gasteiger partial charge in [0.1, 0.15) is 17.2 Å². The van der Waals surface area contributed by atoms with Crippen LogP contribution < -0.4 is 10.1 Å². The lowest BCUT2D eigenvalue weighted by molar-refractivity contribution is -0.00326. The number of carbonyl (C=O) groups is 2. The van der Waals surface area contributed by atoms with Crippen LogP contribution in [0.5, 0.6) is 5.75 Å². The predicted molar refractivity (Wildman–Crippen MR) is 178 cm³/mol. The van der Waals surface area contributed by atoms with Crippen LogP contribution in [0.4, 0.5) is 10.6 Å². The Balaban J connectivity index is 1.36. The molecule has 0 spiro atoms. The second kappa shape index (κ2) is 13.8. The lowest BCUT2D eigenvalue weighted by Crippen LogP contribution is -2.55. The molecule has 3 aromatic rings. The van der Waals surface area contributed by atoms with Gasteiger partial charge in [-0.3, -0.25) is 14.7 Å². The maximum Gasteiger partial charge on any atom is 0.410 e. The summed E-state index contributed by atoms with van der Waals surface area (Å²) in [7, 11) is 0. The number of hydrogen-bond acceptors (Lipinski definition) is 8. The molecule has 2 aromatic heterocycles. The van der Waals surface area contributed by atoms with Crippen LogP contribution in [0.2, 0.25) is 0 Å². The van der Waals surface area contributed by atoms with Gasteiger partial charge in [0, 0.05) is 55.1 Å². The number of aryl methyl sites for hydroxylation is 2. The number of amides is 2. The molecule has 2 fully saturated rings. The maximum absolute atomic E-state index is 13.3. The van der Waals surface area contributed by atoms with E-state index in [2.05, 4.69) is 34.3 Å². The number of nitrogens with one attached hydrogen (secondary N) is 1. The number of aromatic nitrogens is 2. The van der Waals surface area contributed by atoms with E-state index in [-0.39, 0.29) is 24.1 Å². The highest BCUT2D eigenvalue weighted by molar-refractivity contribution is 7.98. The number of pyridine rings is 2. The Morgan fingerprint density at radius 2 is 1.87 bits per heavy atom. The smallest absolute Gasteiger partial charge is 0.410 e. The number of piperazine rings is 1. The quantitative estimate of drug-likeness (QED) is 0.252. The van der Waals surface area contributed by atoms with Gasteiger partial charge in [-0.15, -0.1) is 11.8 Å². The SMILES string of the molecule is CSc1cc(C(=O)Nc2ncccc2C)c(C)cc1O[C@H](CN1CCN(C(=O)OC(C)(C)C)[C@H](C)C1)c1ccc(C2CC2)cn1. The monoisotopic (exact) mass is 631 g/mol. The summed E-state index contributed by atoms with van der Waals surface area (Å²) in [5, 5.41) is 2.95. The molecule has 0 unspecified atom stereocenters. The van der Waals surface area contributed by atoms with Gasteiger partial charge in [0.15, 0.2) is 6.10 Å². The van der Waals surface area contributed by atoms with E-state index in [9.17, 15) is 9.59 Å². The summed E-state index contributed by atoms with van der Waals surface area (Å²) in [6, 6.07) is 11.9. The summed E-state index contributed by atoms with van der Waals surface area (Å²) < 4.78 is 12.4. The summed E-state index contributed by atoms with van der Waals surface area (Å²) >= 11 is 1.54. The fourth-order valence-corrected chi connectivity index (χ4v) is 6.13. The second-order valence-corrected chi connectivity index (χ2v) is 14.0. The normalized spacial score (nSPS) is 17.9. The minimum absolute atomic E-state index is 0.0102. The molecule has 1 aliphatic carbocycles. The Labute approximate surface area is 271 Å². The van der Waals surface area contributed by atoms with Gasteiger partial charge in [-0.2, -0.15) is 0 Å². The van der Waals surface area contributed by atoms with Crippen LogP contribution in [0.15, 0.2) is 53.7 Å². The van der Waals surface area contributed by atoms with Crippen molar-refractivity contribution >= 4 is 29.6 Å². The van der Waals surface area contributed by atoms with Crippen molar-refractivity contribution < 1.29 is 19.1 Å². The van der Waals surface area contributed by atoms with Crippen LogP contribution in [-0.2, 0) is 4.74 Å². The molecule has 1 aliphatic heterocycles. The fraction of sp³-hybridized carbons (Fsp3) is 0.486. The average Bonchev–Trinajstić information content (AvgIpc) is 3.83. The highest BCUT2D eigenvalue weighted by Crippen LogP contribution is 2.40. The molecule has 240 valence electrons. The fourth-order valence-electron chi connectivity index (χ4n) is 5.58. The van der Waals surface area contributed by atoms with Crippen LogP contribution in [0, 0.1) is 13.8 Å². The zero-order valence-corrected chi connectivity index (χ0v) is 28.2. The first-order chi connectivity index (χ1) is 21.4. The van der Waals surface area contributed by atoms with Crippen molar-refractivity contribution in [2.45, 2.75) is 82.9 Å². The summed E-state index contributed by atoms with van der Waals surface area (Å²) in [6.07, 6.45) is 7.45. The van der Waals surface area contributed by atoms with Crippen LogP contribution in [0.3, 0.4) is 0 Å². The average molecular weight is 632 g/mol. The second-order valence-electron chi connectivity index (χ2n) is 13.1. The summed E-state index contributed by atoms with van der Waals surface area (Å²) in [5.74, 6) is 1.67. The first-order valence-electron chi connectivity index (χ1n) is 15.7. The number of ether oxygens (including phenoxy) is 2. The van der Waals surface area contributed by atoms with E-state index in [1.165, 1.54) is 30.2 Å². The van der Waals surface area contributed by atoms with Crippen LogP contribution in [-0.4, -0.2) is 75.8 Å². The molecule has 0 radical (unpaired) electrons. The summed E-state index contributed by atoms with van der Waals surface area (Å²) in [4.78, 5) is 40.3. The number of thioether (sulfide) groups is 1. The van der Waals surface area contributed by atoms with E-state index in [0.717, 1.165) is 21.7 Å². The summed E-state index contributed by atoms with van der Waals surface area (Å²) in [6.45, 7) is 14.1. The van der Waals surface area contributed by atoms with Crippen molar-refractivity contribution in [1.82, 2.24) is 19.8 Å². The third-order valence-electron chi connectivity index (χ3n) is 8.22. The molecule has 1 saturated heterocycles. The molecule has 1 saturated carbocycles. The molecule has 45 heavy (non-hydrogen) atoms.